The molecule has 0 saturated heterocycles. The SMILES string of the molecule is CC(O)CCOc1c(Cl)cccc1CNC(C)(C)C. The van der Waals surface area contributed by atoms with Gasteiger partial charge >= 0.3 is 0 Å². The third-order valence-electron chi connectivity index (χ3n) is 2.64. The Hall–Kier alpha value is -0.770. The Morgan fingerprint density at radius 1 is 1.37 bits per heavy atom. The topological polar surface area (TPSA) is 41.5 Å². The van der Waals surface area contributed by atoms with Gasteiger partial charge in [0.2, 0.25) is 0 Å². The zero-order chi connectivity index (χ0) is 14.5. The first-order valence-corrected chi connectivity index (χ1v) is 7.00. The second-order valence-corrected chi connectivity index (χ2v) is 6.22. The molecule has 0 fully saturated rings. The van der Waals surface area contributed by atoms with E-state index in [4.69, 9.17) is 16.3 Å². The Morgan fingerprint density at radius 2 is 2.05 bits per heavy atom. The lowest BCUT2D eigenvalue weighted by molar-refractivity contribution is 0.155. The summed E-state index contributed by atoms with van der Waals surface area (Å²) in [4.78, 5) is 0. The van der Waals surface area contributed by atoms with Crippen molar-refractivity contribution in [3.05, 3.63) is 28.8 Å². The molecular weight excluding hydrogens is 262 g/mol. The number of para-hydroxylation sites is 1. The first kappa shape index (κ1) is 16.3. The van der Waals surface area contributed by atoms with Crippen LogP contribution in [0.2, 0.25) is 5.02 Å². The maximum atomic E-state index is 9.25. The summed E-state index contributed by atoms with van der Waals surface area (Å²) in [5.74, 6) is 0.710. The number of aliphatic hydroxyl groups excluding tert-OH is 1. The normalized spacial score (nSPS) is 13.4. The molecule has 1 aromatic rings. The predicted octanol–water partition coefficient (Wildman–Crippen LogP) is 3.38. The van der Waals surface area contributed by atoms with Crippen molar-refractivity contribution in [2.24, 2.45) is 0 Å². The van der Waals surface area contributed by atoms with Gasteiger partial charge in [0, 0.05) is 24.1 Å². The summed E-state index contributed by atoms with van der Waals surface area (Å²) >= 11 is 6.18. The van der Waals surface area contributed by atoms with E-state index in [-0.39, 0.29) is 11.6 Å². The molecule has 0 aliphatic rings. The fourth-order valence-electron chi connectivity index (χ4n) is 1.55. The summed E-state index contributed by atoms with van der Waals surface area (Å²) in [6, 6.07) is 5.74. The van der Waals surface area contributed by atoms with Crippen molar-refractivity contribution in [1.29, 1.82) is 0 Å². The van der Waals surface area contributed by atoms with E-state index in [0.717, 1.165) is 5.56 Å². The zero-order valence-corrected chi connectivity index (χ0v) is 12.9. The highest BCUT2D eigenvalue weighted by molar-refractivity contribution is 6.32. The van der Waals surface area contributed by atoms with Crippen molar-refractivity contribution in [3.63, 3.8) is 0 Å². The fraction of sp³-hybridized carbons (Fsp3) is 0.600. The van der Waals surface area contributed by atoms with Gasteiger partial charge < -0.3 is 15.2 Å². The molecule has 4 heteroatoms. The molecule has 0 bridgehead atoms. The molecule has 3 nitrogen and oxygen atoms in total. The molecule has 2 N–H and O–H groups in total. The summed E-state index contributed by atoms with van der Waals surface area (Å²) in [5, 5.41) is 13.3. The smallest absolute Gasteiger partial charge is 0.142 e. The molecule has 0 radical (unpaired) electrons. The van der Waals surface area contributed by atoms with Crippen LogP contribution in [0.1, 0.15) is 39.7 Å². The van der Waals surface area contributed by atoms with E-state index < -0.39 is 0 Å². The number of ether oxygens (including phenoxy) is 1. The van der Waals surface area contributed by atoms with Crippen molar-refractivity contribution in [1.82, 2.24) is 5.32 Å². The van der Waals surface area contributed by atoms with Gasteiger partial charge in [-0.2, -0.15) is 0 Å². The zero-order valence-electron chi connectivity index (χ0n) is 12.2. The molecule has 0 heterocycles. The molecular formula is C15H24ClNO2. The second-order valence-electron chi connectivity index (χ2n) is 5.82. The number of rotatable bonds is 6. The van der Waals surface area contributed by atoms with Gasteiger partial charge in [-0.05, 0) is 33.8 Å². The summed E-state index contributed by atoms with van der Waals surface area (Å²) in [5.41, 5.74) is 1.08. The summed E-state index contributed by atoms with van der Waals surface area (Å²) < 4.78 is 5.71. The molecule has 0 amide bonds. The summed E-state index contributed by atoms with van der Waals surface area (Å²) in [7, 11) is 0. The average Bonchev–Trinajstić information content (AvgIpc) is 2.27. The van der Waals surface area contributed by atoms with Crippen molar-refractivity contribution in [2.75, 3.05) is 6.61 Å². The lowest BCUT2D eigenvalue weighted by Crippen LogP contribution is -2.35. The Balaban J connectivity index is 2.71. The van der Waals surface area contributed by atoms with Crippen molar-refractivity contribution >= 4 is 11.6 Å². The van der Waals surface area contributed by atoms with Crippen LogP contribution in [0.4, 0.5) is 0 Å². The minimum Gasteiger partial charge on any atom is -0.492 e. The van der Waals surface area contributed by atoms with Crippen LogP contribution >= 0.6 is 11.6 Å². The van der Waals surface area contributed by atoms with E-state index in [1.165, 1.54) is 0 Å². The summed E-state index contributed by atoms with van der Waals surface area (Å²) in [6.07, 6.45) is 0.232. The van der Waals surface area contributed by atoms with Crippen LogP contribution in [0.25, 0.3) is 0 Å². The molecule has 0 aromatic heterocycles. The third kappa shape index (κ3) is 6.28. The lowest BCUT2D eigenvalue weighted by atomic mass is 10.1. The Kier molecular flexibility index (Phi) is 6.11. The number of hydrogen-bond donors (Lipinski definition) is 2. The number of hydrogen-bond acceptors (Lipinski definition) is 3. The van der Waals surface area contributed by atoms with Crippen molar-refractivity contribution < 1.29 is 9.84 Å². The minimum absolute atomic E-state index is 0.0409. The molecule has 1 rings (SSSR count). The second kappa shape index (κ2) is 7.13. The van der Waals surface area contributed by atoms with Crippen LogP contribution in [0, 0.1) is 0 Å². The van der Waals surface area contributed by atoms with E-state index in [1.807, 2.05) is 18.2 Å². The fourth-order valence-corrected chi connectivity index (χ4v) is 1.79. The van der Waals surface area contributed by atoms with Gasteiger partial charge in [-0.15, -0.1) is 0 Å². The first-order valence-electron chi connectivity index (χ1n) is 6.63. The van der Waals surface area contributed by atoms with Gasteiger partial charge in [-0.25, -0.2) is 0 Å². The molecule has 0 saturated carbocycles. The lowest BCUT2D eigenvalue weighted by Gasteiger charge is -2.22. The van der Waals surface area contributed by atoms with E-state index in [9.17, 15) is 5.11 Å². The predicted molar refractivity (Wildman–Crippen MR) is 79.8 cm³/mol. The largest absolute Gasteiger partial charge is 0.492 e. The first-order chi connectivity index (χ1) is 8.79. The molecule has 0 spiro atoms. The molecule has 1 aromatic carbocycles. The standard InChI is InChI=1S/C15H24ClNO2/c1-11(18)8-9-19-14-12(6-5-7-13(14)16)10-17-15(2,3)4/h5-7,11,17-18H,8-10H2,1-4H3. The third-order valence-corrected chi connectivity index (χ3v) is 2.94. The van der Waals surface area contributed by atoms with Crippen LogP contribution in [0.5, 0.6) is 5.75 Å². The maximum Gasteiger partial charge on any atom is 0.142 e. The van der Waals surface area contributed by atoms with Crippen LogP contribution < -0.4 is 10.1 Å². The highest BCUT2D eigenvalue weighted by Crippen LogP contribution is 2.29. The van der Waals surface area contributed by atoms with Crippen LogP contribution in [0.15, 0.2) is 18.2 Å². The van der Waals surface area contributed by atoms with Gasteiger partial charge in [0.25, 0.3) is 0 Å². The number of halogens is 1. The number of aliphatic hydroxyl groups is 1. The molecule has 108 valence electrons. The van der Waals surface area contributed by atoms with E-state index in [0.29, 0.717) is 30.3 Å². The van der Waals surface area contributed by atoms with Gasteiger partial charge in [0.15, 0.2) is 0 Å². The van der Waals surface area contributed by atoms with E-state index in [1.54, 1.807) is 6.92 Å². The monoisotopic (exact) mass is 285 g/mol. The van der Waals surface area contributed by atoms with Gasteiger partial charge in [0.1, 0.15) is 5.75 Å². The Morgan fingerprint density at radius 3 is 2.63 bits per heavy atom. The number of nitrogens with one attached hydrogen (secondary N) is 1. The van der Waals surface area contributed by atoms with Gasteiger partial charge in [-0.3, -0.25) is 0 Å². The van der Waals surface area contributed by atoms with Crippen molar-refractivity contribution in [2.45, 2.75) is 52.3 Å². The van der Waals surface area contributed by atoms with E-state index in [2.05, 4.69) is 26.1 Å². The maximum absolute atomic E-state index is 9.25. The molecule has 1 unspecified atom stereocenters. The van der Waals surface area contributed by atoms with E-state index >= 15 is 0 Å². The average molecular weight is 286 g/mol. The Labute approximate surface area is 120 Å². The summed E-state index contributed by atoms with van der Waals surface area (Å²) in [6.45, 7) is 9.26. The van der Waals surface area contributed by atoms with Gasteiger partial charge in [0.05, 0.1) is 17.7 Å². The van der Waals surface area contributed by atoms with Crippen LogP contribution in [-0.4, -0.2) is 23.4 Å². The number of benzene rings is 1. The minimum atomic E-state index is -0.362. The van der Waals surface area contributed by atoms with Crippen LogP contribution in [0.3, 0.4) is 0 Å². The highest BCUT2D eigenvalue weighted by atomic mass is 35.5. The highest BCUT2D eigenvalue weighted by Gasteiger charge is 2.13. The van der Waals surface area contributed by atoms with Crippen molar-refractivity contribution in [3.8, 4) is 5.75 Å². The van der Waals surface area contributed by atoms with Gasteiger partial charge in [-0.1, -0.05) is 23.7 Å². The quantitative estimate of drug-likeness (QED) is 0.842. The molecule has 19 heavy (non-hydrogen) atoms. The molecule has 0 aliphatic carbocycles. The molecule has 1 atom stereocenters. The van der Waals surface area contributed by atoms with Crippen LogP contribution in [-0.2, 0) is 6.54 Å². The Bertz CT molecular complexity index is 400. The molecule has 0 aliphatic heterocycles.